The summed E-state index contributed by atoms with van der Waals surface area (Å²) in [5.41, 5.74) is 1.40. The smallest absolute Gasteiger partial charge is 0.0355 e. The van der Waals surface area contributed by atoms with Crippen LogP contribution in [0.3, 0.4) is 0 Å². The molecular weight excluding hydrogens is 256 g/mol. The Morgan fingerprint density at radius 3 is 2.57 bits per heavy atom. The summed E-state index contributed by atoms with van der Waals surface area (Å²) in [5, 5.41) is 3.51. The van der Waals surface area contributed by atoms with Crippen LogP contribution in [0.5, 0.6) is 0 Å². The molecule has 0 saturated heterocycles. The van der Waals surface area contributed by atoms with Crippen molar-refractivity contribution >= 4 is 0 Å². The van der Waals surface area contributed by atoms with Crippen LogP contribution in [0.15, 0.2) is 30.3 Å². The van der Waals surface area contributed by atoms with Crippen molar-refractivity contribution in [1.29, 1.82) is 0 Å². The maximum absolute atomic E-state index is 3.51. The molecule has 2 rings (SSSR count). The minimum atomic E-state index is 0.440. The molecule has 21 heavy (non-hydrogen) atoms. The highest BCUT2D eigenvalue weighted by atomic mass is 15.1. The summed E-state index contributed by atoms with van der Waals surface area (Å²) < 4.78 is 0. The average molecular weight is 288 g/mol. The second kappa shape index (κ2) is 7.95. The predicted octanol–water partition coefficient (Wildman–Crippen LogP) is 4.09. The molecule has 1 aliphatic carbocycles. The minimum absolute atomic E-state index is 0.440. The van der Waals surface area contributed by atoms with Gasteiger partial charge >= 0.3 is 0 Å². The molecule has 0 aromatic heterocycles. The zero-order valence-electron chi connectivity index (χ0n) is 14.2. The maximum atomic E-state index is 3.51. The molecule has 118 valence electrons. The molecule has 4 atom stereocenters. The lowest BCUT2D eigenvalue weighted by molar-refractivity contribution is 0.137. The van der Waals surface area contributed by atoms with Crippen LogP contribution in [-0.2, 0) is 0 Å². The van der Waals surface area contributed by atoms with Gasteiger partial charge in [0.05, 0.1) is 0 Å². The first-order valence-electron chi connectivity index (χ1n) is 8.54. The van der Waals surface area contributed by atoms with Gasteiger partial charge in [0.1, 0.15) is 0 Å². The summed E-state index contributed by atoms with van der Waals surface area (Å²) in [5.74, 6) is 1.51. The van der Waals surface area contributed by atoms with Gasteiger partial charge in [0.25, 0.3) is 0 Å². The Balaban J connectivity index is 1.94. The van der Waals surface area contributed by atoms with Crippen molar-refractivity contribution in [3.8, 4) is 0 Å². The summed E-state index contributed by atoms with van der Waals surface area (Å²) in [6, 6.07) is 12.1. The highest BCUT2D eigenvalue weighted by molar-refractivity contribution is 5.19. The van der Waals surface area contributed by atoms with E-state index in [0.29, 0.717) is 12.0 Å². The van der Waals surface area contributed by atoms with Crippen LogP contribution in [0.25, 0.3) is 0 Å². The molecule has 0 aliphatic heterocycles. The maximum Gasteiger partial charge on any atom is 0.0355 e. The molecule has 0 radical (unpaired) electrons. The fourth-order valence-electron chi connectivity index (χ4n) is 3.95. The van der Waals surface area contributed by atoms with E-state index in [2.05, 4.69) is 68.5 Å². The fourth-order valence-corrected chi connectivity index (χ4v) is 3.95. The molecule has 2 nitrogen and oxygen atoms in total. The first kappa shape index (κ1) is 16.5. The Bertz CT molecular complexity index is 403. The fraction of sp³-hybridized carbons (Fsp3) is 0.684. The quantitative estimate of drug-likeness (QED) is 0.848. The molecule has 0 amide bonds. The van der Waals surface area contributed by atoms with Gasteiger partial charge in [-0.1, -0.05) is 57.0 Å². The Hall–Kier alpha value is -0.860. The van der Waals surface area contributed by atoms with Gasteiger partial charge in [-0.3, -0.25) is 0 Å². The molecule has 0 spiro atoms. The van der Waals surface area contributed by atoms with Gasteiger partial charge in [0, 0.05) is 18.6 Å². The molecule has 0 heterocycles. The standard InChI is InChI=1S/C19H32N2/c1-15-9-8-12-18(13-15)21(4)14-16(2)19(20-3)17-10-6-5-7-11-17/h5-7,10-11,15-16,18-20H,8-9,12-14H2,1-4H3. The van der Waals surface area contributed by atoms with Crippen LogP contribution < -0.4 is 5.32 Å². The summed E-state index contributed by atoms with van der Waals surface area (Å²) >= 11 is 0. The largest absolute Gasteiger partial charge is 0.313 e. The molecule has 4 unspecified atom stereocenters. The number of benzene rings is 1. The first-order chi connectivity index (χ1) is 10.1. The van der Waals surface area contributed by atoms with E-state index < -0.39 is 0 Å². The third kappa shape index (κ3) is 4.55. The summed E-state index contributed by atoms with van der Waals surface area (Å²) in [6.07, 6.45) is 5.57. The van der Waals surface area contributed by atoms with E-state index in [-0.39, 0.29) is 0 Å². The van der Waals surface area contributed by atoms with E-state index in [4.69, 9.17) is 0 Å². The van der Waals surface area contributed by atoms with E-state index >= 15 is 0 Å². The van der Waals surface area contributed by atoms with Crippen molar-refractivity contribution in [2.24, 2.45) is 11.8 Å². The molecule has 1 aliphatic rings. The molecule has 1 aromatic rings. The third-order valence-electron chi connectivity index (χ3n) is 5.15. The van der Waals surface area contributed by atoms with Crippen molar-refractivity contribution in [2.75, 3.05) is 20.6 Å². The highest BCUT2D eigenvalue weighted by Crippen LogP contribution is 2.29. The highest BCUT2D eigenvalue weighted by Gasteiger charge is 2.25. The van der Waals surface area contributed by atoms with E-state index in [9.17, 15) is 0 Å². The number of rotatable bonds is 6. The second-order valence-corrected chi connectivity index (χ2v) is 7.02. The number of hydrogen-bond donors (Lipinski definition) is 1. The van der Waals surface area contributed by atoms with Crippen LogP contribution in [0.1, 0.15) is 51.1 Å². The third-order valence-corrected chi connectivity index (χ3v) is 5.15. The Morgan fingerprint density at radius 2 is 1.95 bits per heavy atom. The second-order valence-electron chi connectivity index (χ2n) is 7.02. The van der Waals surface area contributed by atoms with Gasteiger partial charge in [0.15, 0.2) is 0 Å². The van der Waals surface area contributed by atoms with Gasteiger partial charge in [-0.25, -0.2) is 0 Å². The number of nitrogens with zero attached hydrogens (tertiary/aromatic N) is 1. The minimum Gasteiger partial charge on any atom is -0.313 e. The molecule has 0 bridgehead atoms. The SMILES string of the molecule is CNC(c1ccccc1)C(C)CN(C)C1CCCC(C)C1. The van der Waals surface area contributed by atoms with E-state index in [0.717, 1.165) is 18.5 Å². The van der Waals surface area contributed by atoms with Crippen LogP contribution in [-0.4, -0.2) is 31.6 Å². The molecular formula is C19H32N2. The first-order valence-corrected chi connectivity index (χ1v) is 8.54. The summed E-state index contributed by atoms with van der Waals surface area (Å²) in [4.78, 5) is 2.60. The van der Waals surface area contributed by atoms with Gasteiger partial charge in [-0.2, -0.15) is 0 Å². The van der Waals surface area contributed by atoms with E-state index in [1.54, 1.807) is 0 Å². The zero-order chi connectivity index (χ0) is 15.2. The lowest BCUT2D eigenvalue weighted by atomic mass is 9.85. The molecule has 1 N–H and O–H groups in total. The molecule has 1 saturated carbocycles. The predicted molar refractivity (Wildman–Crippen MR) is 91.5 cm³/mol. The van der Waals surface area contributed by atoms with Crippen molar-refractivity contribution in [2.45, 2.75) is 51.6 Å². The number of nitrogens with one attached hydrogen (secondary N) is 1. The lowest BCUT2D eigenvalue weighted by Crippen LogP contribution is -2.40. The molecule has 1 fully saturated rings. The van der Waals surface area contributed by atoms with Crippen molar-refractivity contribution in [1.82, 2.24) is 10.2 Å². The Kier molecular flexibility index (Phi) is 6.25. The van der Waals surface area contributed by atoms with Gasteiger partial charge < -0.3 is 10.2 Å². The van der Waals surface area contributed by atoms with E-state index in [1.807, 2.05) is 0 Å². The van der Waals surface area contributed by atoms with Crippen LogP contribution in [0.2, 0.25) is 0 Å². The zero-order valence-corrected chi connectivity index (χ0v) is 14.2. The van der Waals surface area contributed by atoms with Crippen LogP contribution in [0.4, 0.5) is 0 Å². The van der Waals surface area contributed by atoms with E-state index in [1.165, 1.54) is 31.2 Å². The van der Waals surface area contributed by atoms with Crippen LogP contribution in [0, 0.1) is 11.8 Å². The summed E-state index contributed by atoms with van der Waals surface area (Å²) in [7, 11) is 4.40. The monoisotopic (exact) mass is 288 g/mol. The molecule has 1 aromatic carbocycles. The summed E-state index contributed by atoms with van der Waals surface area (Å²) in [6.45, 7) is 5.94. The normalized spacial score (nSPS) is 25.8. The average Bonchev–Trinajstić information content (AvgIpc) is 2.49. The Morgan fingerprint density at radius 1 is 1.24 bits per heavy atom. The Labute approximate surface area is 130 Å². The van der Waals surface area contributed by atoms with Crippen LogP contribution >= 0.6 is 0 Å². The van der Waals surface area contributed by atoms with Crippen molar-refractivity contribution in [3.63, 3.8) is 0 Å². The van der Waals surface area contributed by atoms with Gasteiger partial charge in [0.2, 0.25) is 0 Å². The lowest BCUT2D eigenvalue weighted by Gasteiger charge is -2.37. The van der Waals surface area contributed by atoms with Crippen molar-refractivity contribution in [3.05, 3.63) is 35.9 Å². The molecule has 2 heteroatoms. The van der Waals surface area contributed by atoms with Gasteiger partial charge in [-0.05, 0) is 44.3 Å². The van der Waals surface area contributed by atoms with Crippen molar-refractivity contribution < 1.29 is 0 Å². The van der Waals surface area contributed by atoms with Gasteiger partial charge in [-0.15, -0.1) is 0 Å². The number of hydrogen-bond acceptors (Lipinski definition) is 2. The topological polar surface area (TPSA) is 15.3 Å².